The van der Waals surface area contributed by atoms with Crippen LogP contribution in [0.4, 0.5) is 24.5 Å². The largest absolute Gasteiger partial charge is 0.371 e. The quantitative estimate of drug-likeness (QED) is 0.399. The number of carbonyl (C=O) groups is 1. The van der Waals surface area contributed by atoms with Crippen LogP contribution in [0.5, 0.6) is 0 Å². The van der Waals surface area contributed by atoms with Crippen LogP contribution < -0.4 is 4.90 Å². The maximum Gasteiger partial charge on any atom is 0.288 e. The lowest BCUT2D eigenvalue weighted by Crippen LogP contribution is -2.37. The molecule has 0 N–H and O–H groups in total. The fourth-order valence-corrected chi connectivity index (χ4v) is 4.39. The molecule has 0 unspecified atom stereocenters. The molecule has 2 aromatic carbocycles. The third kappa shape index (κ3) is 4.30. The van der Waals surface area contributed by atoms with E-state index in [1.807, 2.05) is 0 Å². The molecule has 0 spiro atoms. The number of benzene rings is 2. The number of sulfone groups is 1. The van der Waals surface area contributed by atoms with Crippen LogP contribution in [-0.2, 0) is 9.84 Å². The zero-order valence-corrected chi connectivity index (χ0v) is 16.6. The number of hydrogen-bond donors (Lipinski definition) is 0. The number of ketones is 1. The van der Waals surface area contributed by atoms with Crippen LogP contribution in [0.1, 0.15) is 23.2 Å². The minimum absolute atomic E-state index is 0.223. The van der Waals surface area contributed by atoms with Gasteiger partial charge in [-0.2, -0.15) is 0 Å². The Morgan fingerprint density at radius 1 is 1.10 bits per heavy atom. The number of rotatable bonds is 5. The number of nitrogens with zero attached hydrogens (tertiary/aromatic N) is 2. The van der Waals surface area contributed by atoms with Crippen molar-refractivity contribution in [1.82, 2.24) is 0 Å². The van der Waals surface area contributed by atoms with Crippen LogP contribution >= 0.6 is 0 Å². The topological polar surface area (TPSA) is 97.6 Å². The molecular formula is C19H17F3N2O5S. The summed E-state index contributed by atoms with van der Waals surface area (Å²) in [6.07, 6.45) is 1.32. The van der Waals surface area contributed by atoms with E-state index in [1.54, 1.807) is 4.90 Å². The predicted molar refractivity (Wildman–Crippen MR) is 102 cm³/mol. The van der Waals surface area contributed by atoms with Gasteiger partial charge in [0.1, 0.15) is 22.3 Å². The van der Waals surface area contributed by atoms with E-state index >= 15 is 0 Å². The van der Waals surface area contributed by atoms with E-state index in [0.717, 1.165) is 12.3 Å². The average Bonchev–Trinajstić information content (AvgIpc) is 2.66. The van der Waals surface area contributed by atoms with Crippen molar-refractivity contribution in [3.05, 3.63) is 63.5 Å². The Hall–Kier alpha value is -2.95. The van der Waals surface area contributed by atoms with Crippen molar-refractivity contribution in [2.75, 3.05) is 24.2 Å². The van der Waals surface area contributed by atoms with Crippen molar-refractivity contribution in [3.63, 3.8) is 0 Å². The number of nitro groups is 1. The Kier molecular flexibility index (Phi) is 5.84. The zero-order chi connectivity index (χ0) is 22.2. The Balaban J connectivity index is 1.79. The highest BCUT2D eigenvalue weighted by Crippen LogP contribution is 2.32. The van der Waals surface area contributed by atoms with Gasteiger partial charge >= 0.3 is 0 Å². The molecule has 1 fully saturated rings. The van der Waals surface area contributed by atoms with Gasteiger partial charge < -0.3 is 4.90 Å². The van der Waals surface area contributed by atoms with Gasteiger partial charge in [-0.3, -0.25) is 14.9 Å². The van der Waals surface area contributed by atoms with Gasteiger partial charge in [-0.15, -0.1) is 0 Å². The predicted octanol–water partition coefficient (Wildman–Crippen LogP) is 3.51. The highest BCUT2D eigenvalue weighted by molar-refractivity contribution is 7.90. The summed E-state index contributed by atoms with van der Waals surface area (Å²) in [5, 5.41) is 11.1. The van der Waals surface area contributed by atoms with E-state index in [2.05, 4.69) is 0 Å². The Labute approximate surface area is 170 Å². The molecule has 0 saturated carbocycles. The first-order valence-corrected chi connectivity index (χ1v) is 10.8. The van der Waals surface area contributed by atoms with E-state index in [4.69, 9.17) is 0 Å². The van der Waals surface area contributed by atoms with E-state index in [0.29, 0.717) is 17.8 Å². The van der Waals surface area contributed by atoms with Crippen molar-refractivity contribution in [3.8, 4) is 0 Å². The van der Waals surface area contributed by atoms with Crippen LogP contribution in [0, 0.1) is 33.5 Å². The number of Topliss-reactive ketones (excluding diaryl/α,β-unsaturated/α-hetero) is 1. The number of carbonyl (C=O) groups excluding carboxylic acids is 1. The van der Waals surface area contributed by atoms with Crippen molar-refractivity contribution >= 4 is 27.0 Å². The van der Waals surface area contributed by atoms with Crippen molar-refractivity contribution in [1.29, 1.82) is 0 Å². The van der Waals surface area contributed by atoms with Gasteiger partial charge in [0.25, 0.3) is 5.69 Å². The molecule has 0 radical (unpaired) electrons. The molecule has 2 aromatic rings. The van der Waals surface area contributed by atoms with Gasteiger partial charge in [-0.1, -0.05) is 0 Å². The SMILES string of the molecule is CS(=O)(=O)c1cc(N2CCC(C(=O)c3c(F)cc(F)cc3F)CC2)ccc1[N+](=O)[O-]. The number of nitro benzene ring substituents is 1. The molecule has 1 aliphatic heterocycles. The fraction of sp³-hybridized carbons (Fsp3) is 0.316. The molecule has 1 heterocycles. The van der Waals surface area contributed by atoms with Crippen molar-refractivity contribution in [2.45, 2.75) is 17.7 Å². The van der Waals surface area contributed by atoms with Gasteiger partial charge in [-0.25, -0.2) is 21.6 Å². The zero-order valence-electron chi connectivity index (χ0n) is 15.8. The van der Waals surface area contributed by atoms with Crippen LogP contribution in [0.2, 0.25) is 0 Å². The minimum Gasteiger partial charge on any atom is -0.371 e. The first-order chi connectivity index (χ1) is 14.0. The fourth-order valence-electron chi connectivity index (χ4n) is 3.53. The summed E-state index contributed by atoms with van der Waals surface area (Å²) in [7, 11) is -3.85. The minimum atomic E-state index is -3.85. The van der Waals surface area contributed by atoms with Crippen LogP contribution in [-0.4, -0.2) is 38.5 Å². The van der Waals surface area contributed by atoms with Gasteiger partial charge in [0.2, 0.25) is 0 Å². The summed E-state index contributed by atoms with van der Waals surface area (Å²) in [6.45, 7) is 0.531. The molecule has 0 atom stereocenters. The third-order valence-electron chi connectivity index (χ3n) is 5.02. The first kappa shape index (κ1) is 21.8. The van der Waals surface area contributed by atoms with Gasteiger partial charge in [0.15, 0.2) is 15.6 Å². The van der Waals surface area contributed by atoms with Crippen molar-refractivity contribution in [2.24, 2.45) is 5.92 Å². The monoisotopic (exact) mass is 442 g/mol. The van der Waals surface area contributed by atoms with E-state index in [9.17, 15) is 36.5 Å². The van der Waals surface area contributed by atoms with Crippen molar-refractivity contribution < 1.29 is 31.3 Å². The maximum atomic E-state index is 13.9. The second kappa shape index (κ2) is 8.05. The maximum absolute atomic E-state index is 13.9. The first-order valence-electron chi connectivity index (χ1n) is 8.91. The molecule has 160 valence electrons. The van der Waals surface area contributed by atoms with Crippen LogP contribution in [0.25, 0.3) is 0 Å². The summed E-state index contributed by atoms with van der Waals surface area (Å²) in [5.74, 6) is -5.08. The van der Waals surface area contributed by atoms with E-state index in [1.165, 1.54) is 12.1 Å². The third-order valence-corrected chi connectivity index (χ3v) is 6.15. The molecular weight excluding hydrogens is 425 g/mol. The highest BCUT2D eigenvalue weighted by atomic mass is 32.2. The number of piperidine rings is 1. The lowest BCUT2D eigenvalue weighted by Gasteiger charge is -2.33. The molecule has 7 nitrogen and oxygen atoms in total. The molecule has 1 saturated heterocycles. The lowest BCUT2D eigenvalue weighted by molar-refractivity contribution is -0.387. The molecule has 0 aromatic heterocycles. The smallest absolute Gasteiger partial charge is 0.288 e. The molecule has 11 heteroatoms. The standard InChI is InChI=1S/C19H17F3N2O5S/c1-30(28,29)17-10-13(2-3-16(17)24(26)27)23-6-4-11(5-7-23)19(25)18-14(21)8-12(20)9-15(18)22/h2-3,8-11H,4-7H2,1H3. The van der Waals surface area contributed by atoms with Gasteiger partial charge in [0.05, 0.1) is 10.5 Å². The number of anilines is 1. The lowest BCUT2D eigenvalue weighted by atomic mass is 9.88. The summed E-state index contributed by atoms with van der Waals surface area (Å²) in [4.78, 5) is 24.2. The Bertz CT molecular complexity index is 1110. The van der Waals surface area contributed by atoms with Crippen LogP contribution in [0.15, 0.2) is 35.2 Å². The van der Waals surface area contributed by atoms with E-state index in [-0.39, 0.29) is 25.9 Å². The molecule has 0 amide bonds. The molecule has 1 aliphatic rings. The van der Waals surface area contributed by atoms with E-state index < -0.39 is 60.1 Å². The highest BCUT2D eigenvalue weighted by Gasteiger charge is 2.31. The summed E-state index contributed by atoms with van der Waals surface area (Å²) in [6, 6.07) is 4.62. The number of halogens is 3. The second-order valence-electron chi connectivity index (χ2n) is 7.05. The summed E-state index contributed by atoms with van der Waals surface area (Å²) >= 11 is 0. The molecule has 0 bridgehead atoms. The number of hydrogen-bond acceptors (Lipinski definition) is 6. The van der Waals surface area contributed by atoms with Gasteiger partial charge in [0, 0.05) is 49.1 Å². The summed E-state index contributed by atoms with van der Waals surface area (Å²) < 4.78 is 64.7. The molecule has 3 rings (SSSR count). The normalized spacial score (nSPS) is 15.3. The van der Waals surface area contributed by atoms with Crippen LogP contribution in [0.3, 0.4) is 0 Å². The van der Waals surface area contributed by atoms with Gasteiger partial charge in [-0.05, 0) is 25.0 Å². The molecule has 0 aliphatic carbocycles. The summed E-state index contributed by atoms with van der Waals surface area (Å²) in [5.41, 5.74) is -0.885. The second-order valence-corrected chi connectivity index (χ2v) is 9.04. The molecule has 30 heavy (non-hydrogen) atoms. The Morgan fingerprint density at radius 3 is 2.17 bits per heavy atom. The Morgan fingerprint density at radius 2 is 1.67 bits per heavy atom. The average molecular weight is 442 g/mol.